The van der Waals surface area contributed by atoms with Gasteiger partial charge in [0.05, 0.1) is 6.61 Å². The highest BCUT2D eigenvalue weighted by molar-refractivity contribution is 5.75. The summed E-state index contributed by atoms with van der Waals surface area (Å²) < 4.78 is 0. The van der Waals surface area contributed by atoms with Crippen LogP contribution in [0.4, 0.5) is 0 Å². The highest BCUT2D eigenvalue weighted by Crippen LogP contribution is 2.10. The molecule has 0 saturated carbocycles. The van der Waals surface area contributed by atoms with Gasteiger partial charge in [-0.15, -0.1) is 0 Å². The van der Waals surface area contributed by atoms with Crippen LogP contribution in [0.1, 0.15) is 26.2 Å². The van der Waals surface area contributed by atoms with E-state index in [0.717, 1.165) is 19.4 Å². The van der Waals surface area contributed by atoms with Crippen molar-refractivity contribution in [1.29, 1.82) is 0 Å². The molecule has 1 unspecified atom stereocenters. The molecule has 0 aromatic carbocycles. The summed E-state index contributed by atoms with van der Waals surface area (Å²) in [6.07, 6.45) is 2.59. The fourth-order valence-corrected chi connectivity index (χ4v) is 1.28. The van der Waals surface area contributed by atoms with Gasteiger partial charge in [-0.2, -0.15) is 0 Å². The van der Waals surface area contributed by atoms with E-state index in [4.69, 9.17) is 10.6 Å². The van der Waals surface area contributed by atoms with Gasteiger partial charge in [0.1, 0.15) is 0 Å². The van der Waals surface area contributed by atoms with Gasteiger partial charge in [0.25, 0.3) is 0 Å². The predicted octanol–water partition coefficient (Wildman–Crippen LogP) is 0.525. The molecule has 0 spiro atoms. The van der Waals surface area contributed by atoms with Gasteiger partial charge in [-0.05, 0) is 25.3 Å². The lowest BCUT2D eigenvalue weighted by Crippen LogP contribution is -2.37. The quantitative estimate of drug-likeness (QED) is 0.699. The standard InChI is InChI=1S/C9H18N2O2/c1-8(7-10)6-9(12)11-4-2-3-5-13-11/h8H,2-7,10H2,1H3. The summed E-state index contributed by atoms with van der Waals surface area (Å²) in [5.41, 5.74) is 5.44. The maximum absolute atomic E-state index is 11.5. The number of carbonyl (C=O) groups excluding carboxylic acids is 1. The fraction of sp³-hybridized carbons (Fsp3) is 0.889. The van der Waals surface area contributed by atoms with Crippen molar-refractivity contribution in [2.45, 2.75) is 26.2 Å². The zero-order chi connectivity index (χ0) is 9.68. The third-order valence-electron chi connectivity index (χ3n) is 2.21. The normalized spacial score (nSPS) is 20.0. The molecule has 4 heteroatoms. The van der Waals surface area contributed by atoms with Crippen LogP contribution >= 0.6 is 0 Å². The van der Waals surface area contributed by atoms with Gasteiger partial charge in [-0.1, -0.05) is 6.92 Å². The Kier molecular flexibility index (Phi) is 4.18. The first-order valence-electron chi connectivity index (χ1n) is 4.87. The van der Waals surface area contributed by atoms with Crippen LogP contribution in [0.3, 0.4) is 0 Å². The molecule has 1 amide bonds. The molecule has 1 saturated heterocycles. The third-order valence-corrected chi connectivity index (χ3v) is 2.21. The van der Waals surface area contributed by atoms with E-state index in [9.17, 15) is 4.79 Å². The largest absolute Gasteiger partial charge is 0.330 e. The van der Waals surface area contributed by atoms with Crippen molar-refractivity contribution in [3.63, 3.8) is 0 Å². The molecule has 76 valence electrons. The predicted molar refractivity (Wildman–Crippen MR) is 49.7 cm³/mol. The van der Waals surface area contributed by atoms with Gasteiger partial charge < -0.3 is 5.73 Å². The number of hydrogen-bond donors (Lipinski definition) is 1. The van der Waals surface area contributed by atoms with Gasteiger partial charge in [0.15, 0.2) is 0 Å². The van der Waals surface area contributed by atoms with E-state index in [2.05, 4.69) is 0 Å². The number of hydroxylamine groups is 2. The smallest absolute Gasteiger partial charge is 0.246 e. The van der Waals surface area contributed by atoms with Crippen LogP contribution in [0.25, 0.3) is 0 Å². The monoisotopic (exact) mass is 186 g/mol. The second-order valence-corrected chi connectivity index (χ2v) is 3.58. The minimum Gasteiger partial charge on any atom is -0.330 e. The van der Waals surface area contributed by atoms with Crippen LogP contribution in [0, 0.1) is 5.92 Å². The summed E-state index contributed by atoms with van der Waals surface area (Å²) in [6, 6.07) is 0. The molecule has 0 aromatic heterocycles. The van der Waals surface area contributed by atoms with Gasteiger partial charge in [-0.25, -0.2) is 5.06 Å². The molecule has 2 N–H and O–H groups in total. The van der Waals surface area contributed by atoms with Crippen molar-refractivity contribution in [2.75, 3.05) is 19.7 Å². The molecule has 0 radical (unpaired) electrons. The Morgan fingerprint density at radius 3 is 2.92 bits per heavy atom. The molecule has 1 aliphatic heterocycles. The Bertz CT molecular complexity index is 167. The molecular formula is C9H18N2O2. The number of carbonyl (C=O) groups is 1. The first kappa shape index (κ1) is 10.5. The van der Waals surface area contributed by atoms with Crippen LogP contribution in [0.5, 0.6) is 0 Å². The van der Waals surface area contributed by atoms with Crippen molar-refractivity contribution >= 4 is 5.91 Å². The molecule has 1 rings (SSSR count). The Labute approximate surface area is 79.0 Å². The first-order valence-corrected chi connectivity index (χ1v) is 4.87. The molecule has 1 fully saturated rings. The van der Waals surface area contributed by atoms with Gasteiger partial charge in [0, 0.05) is 13.0 Å². The van der Waals surface area contributed by atoms with Crippen LogP contribution in [-0.4, -0.2) is 30.7 Å². The minimum atomic E-state index is 0.0673. The van der Waals surface area contributed by atoms with Crippen molar-refractivity contribution in [3.8, 4) is 0 Å². The van der Waals surface area contributed by atoms with E-state index in [-0.39, 0.29) is 11.8 Å². The average Bonchev–Trinajstić information content (AvgIpc) is 2.19. The maximum Gasteiger partial charge on any atom is 0.246 e. The Hall–Kier alpha value is -0.610. The Balaban J connectivity index is 2.29. The van der Waals surface area contributed by atoms with E-state index in [1.807, 2.05) is 6.92 Å². The zero-order valence-corrected chi connectivity index (χ0v) is 8.16. The van der Waals surface area contributed by atoms with Crippen molar-refractivity contribution < 1.29 is 9.63 Å². The number of nitrogens with zero attached hydrogens (tertiary/aromatic N) is 1. The Morgan fingerprint density at radius 1 is 1.62 bits per heavy atom. The number of amides is 1. The summed E-state index contributed by atoms with van der Waals surface area (Å²) in [7, 11) is 0. The highest BCUT2D eigenvalue weighted by Gasteiger charge is 2.18. The highest BCUT2D eigenvalue weighted by atomic mass is 16.7. The summed E-state index contributed by atoms with van der Waals surface area (Å²) in [6.45, 7) is 3.93. The van der Waals surface area contributed by atoms with E-state index in [1.165, 1.54) is 5.06 Å². The maximum atomic E-state index is 11.5. The van der Waals surface area contributed by atoms with Crippen LogP contribution in [0.15, 0.2) is 0 Å². The third kappa shape index (κ3) is 3.32. The average molecular weight is 186 g/mol. The summed E-state index contributed by atoms with van der Waals surface area (Å²) in [5.74, 6) is 0.315. The van der Waals surface area contributed by atoms with Crippen LogP contribution in [0.2, 0.25) is 0 Å². The molecule has 0 bridgehead atoms. The molecule has 0 aliphatic carbocycles. The van der Waals surface area contributed by atoms with Gasteiger partial charge in [0.2, 0.25) is 5.91 Å². The molecule has 1 aliphatic rings. The van der Waals surface area contributed by atoms with Gasteiger partial charge in [-0.3, -0.25) is 9.63 Å². The second-order valence-electron chi connectivity index (χ2n) is 3.58. The van der Waals surface area contributed by atoms with Crippen LogP contribution < -0.4 is 5.73 Å². The van der Waals surface area contributed by atoms with E-state index >= 15 is 0 Å². The first-order chi connectivity index (χ1) is 6.24. The number of hydrogen-bond acceptors (Lipinski definition) is 3. The number of rotatable bonds is 3. The fourth-order valence-electron chi connectivity index (χ4n) is 1.28. The Morgan fingerprint density at radius 2 is 2.38 bits per heavy atom. The lowest BCUT2D eigenvalue weighted by Gasteiger charge is -2.26. The summed E-state index contributed by atoms with van der Waals surface area (Å²) >= 11 is 0. The van der Waals surface area contributed by atoms with E-state index in [0.29, 0.717) is 19.6 Å². The lowest BCUT2D eigenvalue weighted by atomic mass is 10.1. The lowest BCUT2D eigenvalue weighted by molar-refractivity contribution is -0.197. The molecule has 1 atom stereocenters. The van der Waals surface area contributed by atoms with Crippen molar-refractivity contribution in [3.05, 3.63) is 0 Å². The number of nitrogens with two attached hydrogens (primary N) is 1. The van der Waals surface area contributed by atoms with Gasteiger partial charge >= 0.3 is 0 Å². The summed E-state index contributed by atoms with van der Waals surface area (Å²) in [5, 5.41) is 1.48. The second kappa shape index (κ2) is 5.19. The van der Waals surface area contributed by atoms with Crippen molar-refractivity contribution in [2.24, 2.45) is 11.7 Å². The molecule has 4 nitrogen and oxygen atoms in total. The minimum absolute atomic E-state index is 0.0673. The molecule has 0 aromatic rings. The summed E-state index contributed by atoms with van der Waals surface area (Å²) in [4.78, 5) is 16.7. The molecule has 1 heterocycles. The van der Waals surface area contributed by atoms with Crippen molar-refractivity contribution in [1.82, 2.24) is 5.06 Å². The topological polar surface area (TPSA) is 55.6 Å². The molecule has 13 heavy (non-hydrogen) atoms. The van der Waals surface area contributed by atoms with Crippen LogP contribution in [-0.2, 0) is 9.63 Å². The SMILES string of the molecule is CC(CN)CC(=O)N1CCCCO1. The molecular weight excluding hydrogens is 168 g/mol. The van der Waals surface area contributed by atoms with E-state index in [1.54, 1.807) is 0 Å². The van der Waals surface area contributed by atoms with E-state index < -0.39 is 0 Å². The zero-order valence-electron chi connectivity index (χ0n) is 8.16.